The molecule has 0 saturated carbocycles. The summed E-state index contributed by atoms with van der Waals surface area (Å²) in [6.45, 7) is 5.46. The first-order valence-electron chi connectivity index (χ1n) is 11.1. The minimum atomic E-state index is -3.47. The normalized spacial score (nSPS) is 13.9. The second-order valence-corrected chi connectivity index (χ2v) is 9.93. The van der Waals surface area contributed by atoms with Gasteiger partial charge in [0.15, 0.2) is 5.82 Å². The lowest BCUT2D eigenvalue weighted by molar-refractivity contribution is 0.122. The maximum absolute atomic E-state index is 11.7. The molecule has 35 heavy (non-hydrogen) atoms. The highest BCUT2D eigenvalue weighted by Crippen LogP contribution is 2.34. The molecule has 0 bridgehead atoms. The van der Waals surface area contributed by atoms with E-state index in [2.05, 4.69) is 30.2 Å². The molecule has 1 fully saturated rings. The Hall–Kier alpha value is -3.28. The Labute approximate surface area is 209 Å². The third-order valence-electron chi connectivity index (χ3n) is 5.11. The van der Waals surface area contributed by atoms with Gasteiger partial charge in [0.2, 0.25) is 16.0 Å². The van der Waals surface area contributed by atoms with Gasteiger partial charge in [-0.25, -0.2) is 13.4 Å². The van der Waals surface area contributed by atoms with Crippen LogP contribution in [0.5, 0.6) is 5.75 Å². The standard InChI is InChI=1S/C23H27ClN6O4S/c1-3-34-21-14-16(30-10-12-33-13-11-30)8-9-20(21)27-23-25-15-17(24)22(28-23)26-18-6-4-5-7-19(18)29-35(2,31)32/h4-9,14-15,29H,3,10-13H2,1-2H3,(H2,25,26,27,28). The number of para-hydroxylation sites is 2. The van der Waals surface area contributed by atoms with Crippen LogP contribution in [0.2, 0.25) is 5.02 Å². The molecular weight excluding hydrogens is 492 g/mol. The third-order valence-corrected chi connectivity index (χ3v) is 5.97. The summed E-state index contributed by atoms with van der Waals surface area (Å²) >= 11 is 6.33. The summed E-state index contributed by atoms with van der Waals surface area (Å²) < 4.78 is 37.2. The Morgan fingerprint density at radius 3 is 2.54 bits per heavy atom. The van der Waals surface area contributed by atoms with E-state index in [1.165, 1.54) is 6.20 Å². The number of nitrogens with zero attached hydrogens (tertiary/aromatic N) is 3. The van der Waals surface area contributed by atoms with Crippen LogP contribution in [0.25, 0.3) is 0 Å². The number of sulfonamides is 1. The number of hydrogen-bond donors (Lipinski definition) is 3. The average molecular weight is 519 g/mol. The second-order valence-electron chi connectivity index (χ2n) is 7.77. The van der Waals surface area contributed by atoms with E-state index in [9.17, 15) is 8.42 Å². The Bertz CT molecular complexity index is 1280. The number of ether oxygens (including phenoxy) is 2. The first-order chi connectivity index (χ1) is 16.8. The van der Waals surface area contributed by atoms with Crippen LogP contribution in [-0.4, -0.2) is 57.6 Å². The lowest BCUT2D eigenvalue weighted by atomic mass is 10.2. The topological polar surface area (TPSA) is 118 Å². The molecule has 2 heterocycles. The predicted molar refractivity (Wildman–Crippen MR) is 139 cm³/mol. The van der Waals surface area contributed by atoms with Crippen molar-refractivity contribution in [3.8, 4) is 5.75 Å². The van der Waals surface area contributed by atoms with Crippen molar-refractivity contribution >= 4 is 56.1 Å². The van der Waals surface area contributed by atoms with Gasteiger partial charge in [0.05, 0.1) is 49.3 Å². The zero-order chi connectivity index (χ0) is 24.8. The lowest BCUT2D eigenvalue weighted by Crippen LogP contribution is -2.36. The molecule has 1 aliphatic heterocycles. The van der Waals surface area contributed by atoms with Gasteiger partial charge < -0.3 is 25.0 Å². The summed E-state index contributed by atoms with van der Waals surface area (Å²) in [6.07, 6.45) is 2.55. The fraction of sp³-hybridized carbons (Fsp3) is 0.304. The van der Waals surface area contributed by atoms with Crippen molar-refractivity contribution in [1.29, 1.82) is 0 Å². The van der Waals surface area contributed by atoms with E-state index in [1.54, 1.807) is 24.3 Å². The molecule has 4 rings (SSSR count). The van der Waals surface area contributed by atoms with Gasteiger partial charge in [-0.3, -0.25) is 4.72 Å². The lowest BCUT2D eigenvalue weighted by Gasteiger charge is -2.29. The fourth-order valence-electron chi connectivity index (χ4n) is 3.55. The maximum atomic E-state index is 11.7. The van der Waals surface area contributed by atoms with Crippen molar-refractivity contribution in [2.75, 3.05) is 59.4 Å². The van der Waals surface area contributed by atoms with Gasteiger partial charge in [-0.1, -0.05) is 23.7 Å². The molecule has 10 nitrogen and oxygen atoms in total. The number of anilines is 6. The summed E-state index contributed by atoms with van der Waals surface area (Å²) in [5.74, 6) is 1.28. The van der Waals surface area contributed by atoms with E-state index >= 15 is 0 Å². The van der Waals surface area contributed by atoms with Crippen molar-refractivity contribution in [3.05, 3.63) is 53.7 Å². The number of nitrogens with one attached hydrogen (secondary N) is 3. The Morgan fingerprint density at radius 2 is 1.83 bits per heavy atom. The van der Waals surface area contributed by atoms with Crippen LogP contribution in [0.1, 0.15) is 6.92 Å². The summed E-state index contributed by atoms with van der Waals surface area (Å²) in [5, 5.41) is 6.55. The summed E-state index contributed by atoms with van der Waals surface area (Å²) in [7, 11) is -3.47. The van der Waals surface area contributed by atoms with Gasteiger partial charge in [0.25, 0.3) is 0 Å². The molecule has 186 valence electrons. The van der Waals surface area contributed by atoms with E-state index in [-0.39, 0.29) is 5.02 Å². The van der Waals surface area contributed by atoms with Gasteiger partial charge in [-0.2, -0.15) is 4.98 Å². The van der Waals surface area contributed by atoms with Gasteiger partial charge >= 0.3 is 0 Å². The van der Waals surface area contributed by atoms with E-state index in [0.29, 0.717) is 54.4 Å². The van der Waals surface area contributed by atoms with E-state index in [1.807, 2.05) is 25.1 Å². The van der Waals surface area contributed by atoms with E-state index in [0.717, 1.165) is 25.0 Å². The highest BCUT2D eigenvalue weighted by atomic mass is 35.5. The van der Waals surface area contributed by atoms with Crippen molar-refractivity contribution in [1.82, 2.24) is 9.97 Å². The molecule has 0 amide bonds. The number of halogens is 1. The highest BCUT2D eigenvalue weighted by molar-refractivity contribution is 7.92. The van der Waals surface area contributed by atoms with Crippen LogP contribution >= 0.6 is 11.6 Å². The van der Waals surface area contributed by atoms with E-state index < -0.39 is 10.0 Å². The quantitative estimate of drug-likeness (QED) is 0.382. The summed E-state index contributed by atoms with van der Waals surface area (Å²) in [6, 6.07) is 12.8. The first-order valence-corrected chi connectivity index (χ1v) is 13.3. The average Bonchev–Trinajstić information content (AvgIpc) is 2.83. The number of benzene rings is 2. The Kier molecular flexibility index (Phi) is 7.79. The van der Waals surface area contributed by atoms with Crippen LogP contribution in [0.3, 0.4) is 0 Å². The Morgan fingerprint density at radius 1 is 1.09 bits per heavy atom. The molecular formula is C23H27ClN6O4S. The van der Waals surface area contributed by atoms with Crippen LogP contribution in [-0.2, 0) is 14.8 Å². The molecule has 1 aromatic heterocycles. The molecule has 2 aromatic carbocycles. The molecule has 0 radical (unpaired) electrons. The van der Waals surface area contributed by atoms with Gasteiger partial charge in [-0.05, 0) is 31.2 Å². The molecule has 3 N–H and O–H groups in total. The van der Waals surface area contributed by atoms with Gasteiger partial charge in [0.1, 0.15) is 10.8 Å². The highest BCUT2D eigenvalue weighted by Gasteiger charge is 2.16. The monoisotopic (exact) mass is 518 g/mol. The molecule has 12 heteroatoms. The number of aromatic nitrogens is 2. The molecule has 1 aliphatic rings. The molecule has 0 aliphatic carbocycles. The Balaban J connectivity index is 1.58. The minimum absolute atomic E-state index is 0.275. The largest absolute Gasteiger partial charge is 0.492 e. The van der Waals surface area contributed by atoms with Crippen LogP contribution < -0.4 is 25.0 Å². The van der Waals surface area contributed by atoms with Crippen LogP contribution in [0.15, 0.2) is 48.7 Å². The first kappa shape index (κ1) is 24.8. The molecule has 3 aromatic rings. The third kappa shape index (κ3) is 6.65. The summed E-state index contributed by atoms with van der Waals surface area (Å²) in [4.78, 5) is 11.0. The second kappa shape index (κ2) is 11.0. The molecule has 0 spiro atoms. The van der Waals surface area contributed by atoms with Gasteiger partial charge in [-0.15, -0.1) is 0 Å². The fourth-order valence-corrected chi connectivity index (χ4v) is 4.27. The van der Waals surface area contributed by atoms with Crippen molar-refractivity contribution in [3.63, 3.8) is 0 Å². The predicted octanol–water partition coefficient (Wildman–Crippen LogP) is 4.22. The van der Waals surface area contributed by atoms with Crippen molar-refractivity contribution in [2.24, 2.45) is 0 Å². The van der Waals surface area contributed by atoms with E-state index in [4.69, 9.17) is 21.1 Å². The van der Waals surface area contributed by atoms with Crippen molar-refractivity contribution in [2.45, 2.75) is 6.92 Å². The smallest absolute Gasteiger partial charge is 0.229 e. The van der Waals surface area contributed by atoms with Gasteiger partial charge in [0, 0.05) is 24.8 Å². The SMILES string of the molecule is CCOc1cc(N2CCOCC2)ccc1Nc1ncc(Cl)c(Nc2ccccc2NS(C)(=O)=O)n1. The van der Waals surface area contributed by atoms with Crippen LogP contribution in [0, 0.1) is 0 Å². The number of morpholine rings is 1. The molecule has 0 atom stereocenters. The summed E-state index contributed by atoms with van der Waals surface area (Å²) in [5.41, 5.74) is 2.62. The maximum Gasteiger partial charge on any atom is 0.229 e. The number of hydrogen-bond acceptors (Lipinski definition) is 9. The zero-order valence-corrected chi connectivity index (χ0v) is 21.0. The zero-order valence-electron chi connectivity index (χ0n) is 19.4. The number of rotatable bonds is 9. The minimum Gasteiger partial charge on any atom is -0.492 e. The molecule has 1 saturated heterocycles. The van der Waals surface area contributed by atoms with Crippen LogP contribution in [0.4, 0.5) is 34.5 Å². The van der Waals surface area contributed by atoms with Crippen molar-refractivity contribution < 1.29 is 17.9 Å². The molecule has 0 unspecified atom stereocenters.